The molecule has 1 aliphatic rings. The van der Waals surface area contributed by atoms with E-state index in [9.17, 15) is 9.59 Å². The van der Waals surface area contributed by atoms with Gasteiger partial charge in [-0.3, -0.25) is 9.59 Å². The van der Waals surface area contributed by atoms with Gasteiger partial charge in [0.25, 0.3) is 0 Å². The molecule has 4 heteroatoms. The molecule has 0 bridgehead atoms. The second-order valence-corrected chi connectivity index (χ2v) is 4.88. The van der Waals surface area contributed by atoms with E-state index in [2.05, 4.69) is 0 Å². The van der Waals surface area contributed by atoms with Crippen LogP contribution in [-0.2, 0) is 4.74 Å². The number of fused-ring (bicyclic) bond motifs is 1. The molecule has 0 aliphatic heterocycles. The Hall–Kier alpha value is -1.55. The molecule has 0 radical (unpaired) electrons. The lowest BCUT2D eigenvalue weighted by Crippen LogP contribution is -2.17. The molecule has 0 amide bonds. The van der Waals surface area contributed by atoms with Crippen molar-refractivity contribution in [2.75, 3.05) is 12.9 Å². The van der Waals surface area contributed by atoms with Crippen LogP contribution in [-0.4, -0.2) is 24.4 Å². The maximum Gasteiger partial charge on any atom is 0.228 e. The van der Waals surface area contributed by atoms with Gasteiger partial charge in [0, 0.05) is 22.1 Å². The van der Waals surface area contributed by atoms with Crippen LogP contribution in [0.1, 0.15) is 27.6 Å². The summed E-state index contributed by atoms with van der Waals surface area (Å²) < 4.78 is 4.89. The fraction of sp³-hybridized carbons (Fsp3) is 0.231. The first-order valence-corrected chi connectivity index (χ1v) is 6.27. The molecule has 0 atom stereocenters. The van der Waals surface area contributed by atoms with Gasteiger partial charge in [0.15, 0.2) is 11.5 Å². The number of carbonyl (C=O) groups is 2. The number of Topliss-reactive ketones (excluding diaryl/α,β-unsaturated/α-hetero) is 1. The maximum absolute atomic E-state index is 11.9. The van der Waals surface area contributed by atoms with Crippen molar-refractivity contribution in [2.45, 2.75) is 11.8 Å². The number of ether oxygens (including phenoxy) is 1. The van der Waals surface area contributed by atoms with Crippen molar-refractivity contribution in [3.8, 4) is 0 Å². The quantitative estimate of drug-likeness (QED) is 0.771. The summed E-state index contributed by atoms with van der Waals surface area (Å²) in [6.07, 6.45) is 1.26. The molecule has 0 spiro atoms. The number of allylic oxidation sites excluding steroid dienone is 2. The number of carbonyl (C=O) groups excluding carboxylic acids is 2. The SMILES string of the molecule is CCSc1ccc2c(c1)C(=O)C=C(OC)C2=O. The monoisotopic (exact) mass is 248 g/mol. The second-order valence-electron chi connectivity index (χ2n) is 3.55. The van der Waals surface area contributed by atoms with E-state index in [1.165, 1.54) is 13.2 Å². The molecule has 3 nitrogen and oxygen atoms in total. The largest absolute Gasteiger partial charge is 0.492 e. The van der Waals surface area contributed by atoms with Crippen molar-refractivity contribution in [2.24, 2.45) is 0 Å². The standard InChI is InChI=1S/C13H12O3S/c1-3-17-8-4-5-9-10(6-8)11(14)7-12(16-2)13(9)15/h4-7H,3H2,1-2H3. The van der Waals surface area contributed by atoms with E-state index >= 15 is 0 Å². The molecule has 1 aliphatic carbocycles. The molecule has 88 valence electrons. The Morgan fingerprint density at radius 3 is 2.65 bits per heavy atom. The molecular weight excluding hydrogens is 236 g/mol. The predicted octanol–water partition coefficient (Wildman–Crippen LogP) is 2.71. The summed E-state index contributed by atoms with van der Waals surface area (Å²) in [5.74, 6) is 0.642. The van der Waals surface area contributed by atoms with Crippen LogP contribution in [0.25, 0.3) is 0 Å². The topological polar surface area (TPSA) is 43.4 Å². The number of benzene rings is 1. The van der Waals surface area contributed by atoms with Gasteiger partial charge in [0.05, 0.1) is 7.11 Å². The Morgan fingerprint density at radius 1 is 1.24 bits per heavy atom. The van der Waals surface area contributed by atoms with Gasteiger partial charge >= 0.3 is 0 Å². The lowest BCUT2D eigenvalue weighted by atomic mass is 9.94. The van der Waals surface area contributed by atoms with Gasteiger partial charge in [0.1, 0.15) is 0 Å². The summed E-state index contributed by atoms with van der Waals surface area (Å²) in [6, 6.07) is 5.32. The highest BCUT2D eigenvalue weighted by Gasteiger charge is 2.26. The van der Waals surface area contributed by atoms with Crippen molar-refractivity contribution in [1.29, 1.82) is 0 Å². The van der Waals surface area contributed by atoms with Gasteiger partial charge in [-0.25, -0.2) is 0 Å². The van der Waals surface area contributed by atoms with Crippen LogP contribution in [0.4, 0.5) is 0 Å². The average molecular weight is 248 g/mol. The van der Waals surface area contributed by atoms with E-state index in [-0.39, 0.29) is 17.3 Å². The smallest absolute Gasteiger partial charge is 0.228 e. The van der Waals surface area contributed by atoms with E-state index in [1.807, 2.05) is 13.0 Å². The molecule has 17 heavy (non-hydrogen) atoms. The fourth-order valence-electron chi connectivity index (χ4n) is 1.73. The summed E-state index contributed by atoms with van der Waals surface area (Å²) in [6.45, 7) is 2.04. The number of hydrogen-bond donors (Lipinski definition) is 0. The van der Waals surface area contributed by atoms with Crippen molar-refractivity contribution in [3.05, 3.63) is 41.2 Å². The third-order valence-corrected chi connectivity index (χ3v) is 3.39. The molecule has 2 rings (SSSR count). The summed E-state index contributed by atoms with van der Waals surface area (Å²) in [5.41, 5.74) is 0.893. The molecule has 0 aromatic heterocycles. The highest BCUT2D eigenvalue weighted by Crippen LogP contribution is 2.26. The van der Waals surface area contributed by atoms with Crippen LogP contribution in [0, 0.1) is 0 Å². The number of rotatable bonds is 3. The second kappa shape index (κ2) is 4.75. The van der Waals surface area contributed by atoms with Crippen LogP contribution in [0.5, 0.6) is 0 Å². The third-order valence-electron chi connectivity index (χ3n) is 2.52. The Bertz CT molecular complexity index is 517. The minimum atomic E-state index is -0.227. The van der Waals surface area contributed by atoms with Crippen LogP contribution in [0.2, 0.25) is 0 Å². The maximum atomic E-state index is 11.9. The normalized spacial score (nSPS) is 14.4. The number of ketones is 2. The highest BCUT2D eigenvalue weighted by atomic mass is 32.2. The first kappa shape index (κ1) is 11.9. The van der Waals surface area contributed by atoms with Gasteiger partial charge in [-0.2, -0.15) is 0 Å². The predicted molar refractivity (Wildman–Crippen MR) is 66.6 cm³/mol. The molecule has 0 N–H and O–H groups in total. The summed E-state index contributed by atoms with van der Waals surface area (Å²) in [4.78, 5) is 24.8. The van der Waals surface area contributed by atoms with Gasteiger partial charge in [-0.1, -0.05) is 6.92 Å². The lowest BCUT2D eigenvalue weighted by Gasteiger charge is -2.14. The van der Waals surface area contributed by atoms with E-state index in [4.69, 9.17) is 4.74 Å². The minimum absolute atomic E-state index is 0.110. The first-order valence-electron chi connectivity index (χ1n) is 5.29. The van der Waals surface area contributed by atoms with Crippen LogP contribution in [0.15, 0.2) is 34.9 Å². The molecule has 1 aromatic carbocycles. The van der Waals surface area contributed by atoms with E-state index < -0.39 is 0 Å². The van der Waals surface area contributed by atoms with Gasteiger partial charge in [0.2, 0.25) is 5.78 Å². The highest BCUT2D eigenvalue weighted by molar-refractivity contribution is 7.99. The molecule has 0 saturated carbocycles. The molecule has 0 heterocycles. The Morgan fingerprint density at radius 2 is 2.00 bits per heavy atom. The first-order chi connectivity index (χ1) is 8.17. The van der Waals surface area contributed by atoms with E-state index in [0.717, 1.165) is 10.6 Å². The summed E-state index contributed by atoms with van der Waals surface area (Å²) in [7, 11) is 1.39. The Balaban J connectivity index is 2.48. The van der Waals surface area contributed by atoms with Crippen LogP contribution < -0.4 is 0 Å². The van der Waals surface area contributed by atoms with Crippen molar-refractivity contribution in [1.82, 2.24) is 0 Å². The fourth-order valence-corrected chi connectivity index (χ4v) is 2.43. The van der Waals surface area contributed by atoms with Gasteiger partial charge in [-0.15, -0.1) is 11.8 Å². The number of methoxy groups -OCH3 is 1. The molecule has 1 aromatic rings. The lowest BCUT2D eigenvalue weighted by molar-refractivity contribution is 0.0916. The molecule has 0 saturated heterocycles. The van der Waals surface area contributed by atoms with Crippen LogP contribution >= 0.6 is 11.8 Å². The Labute approximate surface area is 104 Å². The van der Waals surface area contributed by atoms with E-state index in [1.54, 1.807) is 23.9 Å². The average Bonchev–Trinajstić information content (AvgIpc) is 2.34. The van der Waals surface area contributed by atoms with Crippen LogP contribution in [0.3, 0.4) is 0 Å². The molecular formula is C13H12O3S. The zero-order chi connectivity index (χ0) is 12.4. The third kappa shape index (κ3) is 2.13. The van der Waals surface area contributed by atoms with Crippen molar-refractivity contribution >= 4 is 23.3 Å². The molecule has 0 fully saturated rings. The number of hydrogen-bond acceptors (Lipinski definition) is 4. The zero-order valence-electron chi connectivity index (χ0n) is 9.65. The molecule has 0 unspecified atom stereocenters. The Kier molecular flexibility index (Phi) is 3.33. The van der Waals surface area contributed by atoms with Gasteiger partial charge < -0.3 is 4.74 Å². The summed E-state index contributed by atoms with van der Waals surface area (Å²) in [5, 5.41) is 0. The van der Waals surface area contributed by atoms with Crippen molar-refractivity contribution < 1.29 is 14.3 Å². The van der Waals surface area contributed by atoms with E-state index in [0.29, 0.717) is 11.1 Å². The summed E-state index contributed by atoms with van der Waals surface area (Å²) >= 11 is 1.64. The van der Waals surface area contributed by atoms with Crippen molar-refractivity contribution in [3.63, 3.8) is 0 Å². The zero-order valence-corrected chi connectivity index (χ0v) is 10.5. The minimum Gasteiger partial charge on any atom is -0.492 e. The van der Waals surface area contributed by atoms with Gasteiger partial charge in [-0.05, 0) is 24.0 Å². The number of thioether (sulfide) groups is 1.